The highest BCUT2D eigenvalue weighted by atomic mass is 32.1. The molecule has 3 rings (SSSR count). The molecule has 5 nitrogen and oxygen atoms in total. The highest BCUT2D eigenvalue weighted by molar-refractivity contribution is 7.17. The molecule has 0 saturated heterocycles. The summed E-state index contributed by atoms with van der Waals surface area (Å²) in [6, 6.07) is 3.29. The van der Waals surface area contributed by atoms with Gasteiger partial charge in [-0.25, -0.2) is 0 Å². The molecule has 2 amide bonds. The van der Waals surface area contributed by atoms with Crippen LogP contribution in [0.2, 0.25) is 0 Å². The van der Waals surface area contributed by atoms with Crippen molar-refractivity contribution in [1.29, 1.82) is 0 Å². The summed E-state index contributed by atoms with van der Waals surface area (Å²) >= 11 is 1.49. The van der Waals surface area contributed by atoms with Crippen LogP contribution in [-0.4, -0.2) is 16.8 Å². The first-order valence-corrected chi connectivity index (χ1v) is 9.07. The lowest BCUT2D eigenvalue weighted by Crippen LogP contribution is -2.20. The normalized spacial score (nSPS) is 16.5. The van der Waals surface area contributed by atoms with E-state index in [0.717, 1.165) is 24.8 Å². The van der Waals surface area contributed by atoms with Crippen LogP contribution in [0.5, 0.6) is 0 Å². The number of anilines is 1. The smallest absolute Gasteiger partial charge is 0.256 e. The van der Waals surface area contributed by atoms with Crippen molar-refractivity contribution in [3.8, 4) is 0 Å². The Labute approximate surface area is 145 Å². The van der Waals surface area contributed by atoms with Gasteiger partial charge in [-0.2, -0.15) is 0 Å². The zero-order chi connectivity index (χ0) is 17.1. The molecular formula is C18H21N3O2S. The second-order valence-electron chi connectivity index (χ2n) is 6.16. The highest BCUT2D eigenvalue weighted by Crippen LogP contribution is 2.40. The van der Waals surface area contributed by atoms with Gasteiger partial charge in [0, 0.05) is 22.8 Å². The van der Waals surface area contributed by atoms with Gasteiger partial charge in [0.15, 0.2) is 0 Å². The fourth-order valence-electron chi connectivity index (χ4n) is 3.34. The summed E-state index contributed by atoms with van der Waals surface area (Å²) in [6.45, 7) is 2.19. The maximum Gasteiger partial charge on any atom is 0.256 e. The maximum absolute atomic E-state index is 12.4. The van der Waals surface area contributed by atoms with E-state index in [1.807, 2.05) is 0 Å². The second-order valence-corrected chi connectivity index (χ2v) is 7.26. The first-order chi connectivity index (χ1) is 11.6. The molecule has 0 saturated carbocycles. The Balaban J connectivity index is 1.88. The van der Waals surface area contributed by atoms with E-state index in [4.69, 9.17) is 5.73 Å². The number of hydrogen-bond donors (Lipinski definition) is 2. The van der Waals surface area contributed by atoms with Crippen LogP contribution < -0.4 is 11.1 Å². The van der Waals surface area contributed by atoms with Crippen LogP contribution in [0.1, 0.15) is 57.3 Å². The summed E-state index contributed by atoms with van der Waals surface area (Å²) in [6.07, 6.45) is 8.41. The van der Waals surface area contributed by atoms with E-state index in [1.54, 1.807) is 24.5 Å². The van der Waals surface area contributed by atoms with Crippen molar-refractivity contribution in [2.45, 2.75) is 39.0 Å². The van der Waals surface area contributed by atoms with E-state index >= 15 is 0 Å². The van der Waals surface area contributed by atoms with Gasteiger partial charge in [-0.05, 0) is 42.9 Å². The number of pyridine rings is 1. The van der Waals surface area contributed by atoms with Gasteiger partial charge >= 0.3 is 0 Å². The molecule has 6 heteroatoms. The zero-order valence-corrected chi connectivity index (χ0v) is 14.5. The Bertz CT molecular complexity index is 755. The molecule has 0 aromatic carbocycles. The summed E-state index contributed by atoms with van der Waals surface area (Å²) in [5.74, 6) is -0.0549. The van der Waals surface area contributed by atoms with Crippen LogP contribution in [0.4, 0.5) is 5.00 Å². The van der Waals surface area contributed by atoms with Crippen LogP contribution in [0.25, 0.3) is 0 Å². The molecule has 2 heterocycles. The van der Waals surface area contributed by atoms with Crippen LogP contribution in [0.15, 0.2) is 24.5 Å². The van der Waals surface area contributed by atoms with Crippen LogP contribution in [0.3, 0.4) is 0 Å². The lowest BCUT2D eigenvalue weighted by atomic mass is 9.84. The van der Waals surface area contributed by atoms with Crippen molar-refractivity contribution in [3.05, 3.63) is 46.1 Å². The minimum absolute atomic E-state index is 0.247. The first kappa shape index (κ1) is 16.6. The zero-order valence-electron chi connectivity index (χ0n) is 13.7. The number of thiophene rings is 1. The lowest BCUT2D eigenvalue weighted by molar-refractivity contribution is 0.1000. The van der Waals surface area contributed by atoms with Gasteiger partial charge < -0.3 is 11.1 Å². The van der Waals surface area contributed by atoms with E-state index in [1.165, 1.54) is 29.1 Å². The quantitative estimate of drug-likeness (QED) is 0.872. The Morgan fingerprint density at radius 1 is 1.38 bits per heavy atom. The molecule has 2 aromatic rings. The summed E-state index contributed by atoms with van der Waals surface area (Å²) in [7, 11) is 0. The SMILES string of the molecule is CCCC1CCc2c(sc(NC(=O)c3ccncc3)c2C(N)=O)C1. The molecule has 24 heavy (non-hydrogen) atoms. The Morgan fingerprint density at radius 2 is 2.12 bits per heavy atom. The van der Waals surface area contributed by atoms with Gasteiger partial charge in [-0.15, -0.1) is 11.3 Å². The number of nitrogens with one attached hydrogen (secondary N) is 1. The fourth-order valence-corrected chi connectivity index (χ4v) is 4.70. The van der Waals surface area contributed by atoms with Crippen LogP contribution in [0, 0.1) is 5.92 Å². The van der Waals surface area contributed by atoms with E-state index in [2.05, 4.69) is 17.2 Å². The van der Waals surface area contributed by atoms with E-state index in [9.17, 15) is 9.59 Å². The molecule has 0 spiro atoms. The topological polar surface area (TPSA) is 85.1 Å². The predicted molar refractivity (Wildman–Crippen MR) is 95.5 cm³/mol. The minimum Gasteiger partial charge on any atom is -0.365 e. The third-order valence-corrected chi connectivity index (χ3v) is 5.65. The van der Waals surface area contributed by atoms with Crippen molar-refractivity contribution in [2.24, 2.45) is 11.7 Å². The molecule has 1 unspecified atom stereocenters. The van der Waals surface area contributed by atoms with Gasteiger partial charge in [0.05, 0.1) is 5.56 Å². The van der Waals surface area contributed by atoms with E-state index in [-0.39, 0.29) is 5.91 Å². The molecule has 2 aromatic heterocycles. The summed E-state index contributed by atoms with van der Waals surface area (Å²) < 4.78 is 0. The van der Waals surface area contributed by atoms with Gasteiger partial charge in [-0.1, -0.05) is 19.8 Å². The third kappa shape index (κ3) is 3.33. The molecule has 1 atom stereocenters. The highest BCUT2D eigenvalue weighted by Gasteiger charge is 2.28. The number of nitrogens with two attached hydrogens (primary N) is 1. The first-order valence-electron chi connectivity index (χ1n) is 8.25. The van der Waals surface area contributed by atoms with Crippen molar-refractivity contribution in [3.63, 3.8) is 0 Å². The summed E-state index contributed by atoms with van der Waals surface area (Å²) in [5.41, 5.74) is 7.63. The molecule has 0 aliphatic heterocycles. The Kier molecular flexibility index (Phi) is 4.94. The standard InChI is InChI=1S/C18H21N3O2S/c1-2-3-11-4-5-13-14(10-11)24-18(15(13)16(19)22)21-17(23)12-6-8-20-9-7-12/h6-9,11H,2-5,10H2,1H3,(H2,19,22)(H,21,23). The van der Waals surface area contributed by atoms with Gasteiger partial charge in [0.25, 0.3) is 11.8 Å². The summed E-state index contributed by atoms with van der Waals surface area (Å²) in [4.78, 5) is 29.4. The van der Waals surface area contributed by atoms with Crippen LogP contribution in [-0.2, 0) is 12.8 Å². The van der Waals surface area contributed by atoms with Crippen molar-refractivity contribution in [2.75, 3.05) is 5.32 Å². The number of hydrogen-bond acceptors (Lipinski definition) is 4. The van der Waals surface area contributed by atoms with Gasteiger partial charge in [-0.3, -0.25) is 14.6 Å². The molecular weight excluding hydrogens is 322 g/mol. The molecule has 3 N–H and O–H groups in total. The molecule has 1 aliphatic rings. The van der Waals surface area contributed by atoms with Crippen LogP contribution >= 0.6 is 11.3 Å². The number of primary amides is 1. The van der Waals surface area contributed by atoms with Crippen molar-refractivity contribution < 1.29 is 9.59 Å². The molecule has 0 radical (unpaired) electrons. The number of nitrogens with zero attached hydrogens (tertiary/aromatic N) is 1. The molecule has 0 bridgehead atoms. The number of carbonyl (C=O) groups is 2. The predicted octanol–water partition coefficient (Wildman–Crippen LogP) is 3.40. The van der Waals surface area contributed by atoms with Gasteiger partial charge in [0.2, 0.25) is 0 Å². The minimum atomic E-state index is -0.466. The Morgan fingerprint density at radius 3 is 2.79 bits per heavy atom. The van der Waals surface area contributed by atoms with E-state index in [0.29, 0.717) is 22.0 Å². The molecule has 126 valence electrons. The van der Waals surface area contributed by atoms with Crippen molar-refractivity contribution >= 4 is 28.2 Å². The Hall–Kier alpha value is -2.21. The summed E-state index contributed by atoms with van der Waals surface area (Å²) in [5, 5.41) is 3.44. The number of aromatic nitrogens is 1. The lowest BCUT2D eigenvalue weighted by Gasteiger charge is -2.21. The average Bonchev–Trinajstić information content (AvgIpc) is 2.93. The maximum atomic E-state index is 12.4. The molecule has 0 fully saturated rings. The average molecular weight is 343 g/mol. The monoisotopic (exact) mass is 343 g/mol. The fraction of sp³-hybridized carbons (Fsp3) is 0.389. The number of carbonyl (C=O) groups excluding carboxylic acids is 2. The number of rotatable bonds is 5. The largest absolute Gasteiger partial charge is 0.365 e. The third-order valence-electron chi connectivity index (χ3n) is 4.48. The second kappa shape index (κ2) is 7.13. The van der Waals surface area contributed by atoms with Crippen molar-refractivity contribution in [1.82, 2.24) is 4.98 Å². The number of amides is 2. The van der Waals surface area contributed by atoms with Gasteiger partial charge in [0.1, 0.15) is 5.00 Å². The van der Waals surface area contributed by atoms with E-state index < -0.39 is 5.91 Å². The molecule has 1 aliphatic carbocycles. The number of fused-ring (bicyclic) bond motifs is 1.